The molecule has 1 aromatic carbocycles. The van der Waals surface area contributed by atoms with E-state index < -0.39 is 0 Å². The van der Waals surface area contributed by atoms with Crippen LogP contribution >= 0.6 is 0 Å². The summed E-state index contributed by atoms with van der Waals surface area (Å²) in [5.74, 6) is 0.914. The van der Waals surface area contributed by atoms with Crippen LogP contribution in [0.25, 0.3) is 11.4 Å². The number of carbonyl (C=O) groups is 1. The molecule has 7 heteroatoms. The summed E-state index contributed by atoms with van der Waals surface area (Å²) in [5.41, 5.74) is 4.30. The van der Waals surface area contributed by atoms with Gasteiger partial charge in [0.15, 0.2) is 5.69 Å². The number of rotatable bonds is 3. The van der Waals surface area contributed by atoms with Gasteiger partial charge >= 0.3 is 0 Å². The Morgan fingerprint density at radius 1 is 1.29 bits per heavy atom. The van der Waals surface area contributed by atoms with Crippen molar-refractivity contribution in [2.24, 2.45) is 0 Å². The molecule has 0 spiro atoms. The van der Waals surface area contributed by atoms with Gasteiger partial charge in [0.2, 0.25) is 11.7 Å². The molecule has 0 saturated heterocycles. The Hall–Kier alpha value is -2.96. The van der Waals surface area contributed by atoms with E-state index in [-0.39, 0.29) is 11.9 Å². The molecule has 2 heterocycles. The first-order chi connectivity index (χ1) is 11.6. The first-order valence-electron chi connectivity index (χ1n) is 7.77. The SMILES string of the molecule is Cc1nc(-c2ccc3c(c2)CCC3NC(=O)c2nocc2C)no1. The molecular formula is C17H16N4O3. The van der Waals surface area contributed by atoms with E-state index >= 15 is 0 Å². The van der Waals surface area contributed by atoms with Crippen LogP contribution < -0.4 is 5.32 Å². The second kappa shape index (κ2) is 5.59. The van der Waals surface area contributed by atoms with Crippen LogP contribution in [-0.4, -0.2) is 21.2 Å². The summed E-state index contributed by atoms with van der Waals surface area (Å²) >= 11 is 0. The van der Waals surface area contributed by atoms with Crippen molar-refractivity contribution in [3.63, 3.8) is 0 Å². The van der Waals surface area contributed by atoms with Gasteiger partial charge in [-0.1, -0.05) is 22.4 Å². The van der Waals surface area contributed by atoms with Gasteiger partial charge in [0.25, 0.3) is 5.91 Å². The van der Waals surface area contributed by atoms with E-state index in [9.17, 15) is 4.79 Å². The summed E-state index contributed by atoms with van der Waals surface area (Å²) in [5, 5.41) is 10.7. The van der Waals surface area contributed by atoms with Crippen LogP contribution in [0.1, 0.15) is 45.5 Å². The largest absolute Gasteiger partial charge is 0.364 e. The Balaban J connectivity index is 1.56. The van der Waals surface area contributed by atoms with Gasteiger partial charge in [0.1, 0.15) is 6.26 Å². The molecule has 2 aromatic heterocycles. The number of benzene rings is 1. The van der Waals surface area contributed by atoms with Gasteiger partial charge in [-0.15, -0.1) is 0 Å². The maximum atomic E-state index is 12.3. The number of nitrogens with one attached hydrogen (secondary N) is 1. The molecule has 1 aliphatic rings. The summed E-state index contributed by atoms with van der Waals surface area (Å²) < 4.78 is 9.86. The first-order valence-corrected chi connectivity index (χ1v) is 7.77. The molecule has 24 heavy (non-hydrogen) atoms. The van der Waals surface area contributed by atoms with Crippen molar-refractivity contribution in [2.75, 3.05) is 0 Å². The summed E-state index contributed by atoms with van der Waals surface area (Å²) in [6.07, 6.45) is 3.21. The molecule has 4 rings (SSSR count). The lowest BCUT2D eigenvalue weighted by atomic mass is 10.0. The van der Waals surface area contributed by atoms with E-state index in [1.807, 2.05) is 12.1 Å². The molecule has 1 N–H and O–H groups in total. The molecule has 1 aliphatic carbocycles. The van der Waals surface area contributed by atoms with Crippen LogP contribution in [0.2, 0.25) is 0 Å². The van der Waals surface area contributed by atoms with E-state index in [1.165, 1.54) is 11.8 Å². The molecule has 0 fully saturated rings. The second-order valence-corrected chi connectivity index (χ2v) is 5.96. The van der Waals surface area contributed by atoms with Crippen molar-refractivity contribution in [2.45, 2.75) is 32.7 Å². The third kappa shape index (κ3) is 2.47. The number of carbonyl (C=O) groups excluding carboxylic acids is 1. The molecule has 122 valence electrons. The number of hydrogen-bond donors (Lipinski definition) is 1. The topological polar surface area (TPSA) is 94.1 Å². The van der Waals surface area contributed by atoms with Crippen LogP contribution in [-0.2, 0) is 6.42 Å². The number of nitrogens with zero attached hydrogens (tertiary/aromatic N) is 3. The van der Waals surface area contributed by atoms with Gasteiger partial charge < -0.3 is 14.4 Å². The zero-order valence-electron chi connectivity index (χ0n) is 13.4. The lowest BCUT2D eigenvalue weighted by Crippen LogP contribution is -2.27. The minimum absolute atomic E-state index is 0.0235. The highest BCUT2D eigenvalue weighted by atomic mass is 16.5. The van der Waals surface area contributed by atoms with Gasteiger partial charge in [0, 0.05) is 18.1 Å². The standard InChI is InChI=1S/C17H16N4O3/c1-9-8-23-20-15(9)17(22)19-14-6-4-11-7-12(3-5-13(11)14)16-18-10(2)24-21-16/h3,5,7-8,14H,4,6H2,1-2H3,(H,19,22). The number of aromatic nitrogens is 3. The predicted molar refractivity (Wildman–Crippen MR) is 84.2 cm³/mol. The molecule has 1 unspecified atom stereocenters. The van der Waals surface area contributed by atoms with Crippen LogP contribution in [0.15, 0.2) is 33.5 Å². The number of amides is 1. The third-order valence-corrected chi connectivity index (χ3v) is 4.27. The van der Waals surface area contributed by atoms with Crippen LogP contribution in [0.5, 0.6) is 0 Å². The van der Waals surface area contributed by atoms with E-state index in [4.69, 9.17) is 9.05 Å². The molecule has 0 aliphatic heterocycles. The number of fused-ring (bicyclic) bond motifs is 1. The Kier molecular flexibility index (Phi) is 3.41. The Morgan fingerprint density at radius 2 is 2.17 bits per heavy atom. The quantitative estimate of drug-likeness (QED) is 0.796. The van der Waals surface area contributed by atoms with Gasteiger partial charge in [-0.2, -0.15) is 4.98 Å². The minimum atomic E-state index is -0.211. The van der Waals surface area contributed by atoms with Crippen LogP contribution in [0.4, 0.5) is 0 Å². The highest BCUT2D eigenvalue weighted by Gasteiger charge is 2.26. The number of hydrogen-bond acceptors (Lipinski definition) is 6. The van der Waals surface area contributed by atoms with Crippen LogP contribution in [0, 0.1) is 13.8 Å². The zero-order chi connectivity index (χ0) is 16.7. The van der Waals surface area contributed by atoms with Crippen LogP contribution in [0.3, 0.4) is 0 Å². The van der Waals surface area contributed by atoms with Crippen molar-refractivity contribution < 1.29 is 13.8 Å². The molecule has 3 aromatic rings. The lowest BCUT2D eigenvalue weighted by Gasteiger charge is -2.13. The van der Waals surface area contributed by atoms with Gasteiger partial charge in [-0.3, -0.25) is 4.79 Å². The van der Waals surface area contributed by atoms with Crippen molar-refractivity contribution in [3.8, 4) is 11.4 Å². The Morgan fingerprint density at radius 3 is 2.88 bits per heavy atom. The first kappa shape index (κ1) is 14.6. The zero-order valence-corrected chi connectivity index (χ0v) is 13.4. The maximum Gasteiger partial charge on any atom is 0.274 e. The smallest absolute Gasteiger partial charge is 0.274 e. The molecular weight excluding hydrogens is 308 g/mol. The van der Waals surface area contributed by atoms with Gasteiger partial charge in [-0.25, -0.2) is 0 Å². The minimum Gasteiger partial charge on any atom is -0.364 e. The molecule has 7 nitrogen and oxygen atoms in total. The fourth-order valence-electron chi connectivity index (χ4n) is 3.06. The fourth-order valence-corrected chi connectivity index (χ4v) is 3.06. The van der Waals surface area contributed by atoms with Crippen molar-refractivity contribution in [1.82, 2.24) is 20.6 Å². The normalized spacial score (nSPS) is 16.2. The number of aryl methyl sites for hydroxylation is 3. The third-order valence-electron chi connectivity index (χ3n) is 4.27. The van der Waals surface area contributed by atoms with Crippen molar-refractivity contribution >= 4 is 5.91 Å². The maximum absolute atomic E-state index is 12.3. The molecule has 0 bridgehead atoms. The second-order valence-electron chi connectivity index (χ2n) is 5.96. The Labute approximate surface area is 138 Å². The van der Waals surface area contributed by atoms with E-state index in [0.717, 1.165) is 29.5 Å². The van der Waals surface area contributed by atoms with Crippen molar-refractivity contribution in [3.05, 3.63) is 52.7 Å². The summed E-state index contributed by atoms with van der Waals surface area (Å²) in [6, 6.07) is 6.01. The average molecular weight is 324 g/mol. The summed E-state index contributed by atoms with van der Waals surface area (Å²) in [4.78, 5) is 16.6. The highest BCUT2D eigenvalue weighted by molar-refractivity contribution is 5.93. The summed E-state index contributed by atoms with van der Waals surface area (Å²) in [7, 11) is 0. The Bertz CT molecular complexity index is 912. The van der Waals surface area contributed by atoms with E-state index in [0.29, 0.717) is 17.4 Å². The molecule has 1 atom stereocenters. The van der Waals surface area contributed by atoms with Gasteiger partial charge in [-0.05, 0) is 37.0 Å². The predicted octanol–water partition coefficient (Wildman–Crippen LogP) is 2.76. The average Bonchev–Trinajstić information content (AvgIpc) is 3.27. The molecule has 1 amide bonds. The van der Waals surface area contributed by atoms with Gasteiger partial charge in [0.05, 0.1) is 6.04 Å². The van der Waals surface area contributed by atoms with Crippen molar-refractivity contribution in [1.29, 1.82) is 0 Å². The van der Waals surface area contributed by atoms with E-state index in [2.05, 4.69) is 26.7 Å². The summed E-state index contributed by atoms with van der Waals surface area (Å²) in [6.45, 7) is 3.56. The molecule has 0 radical (unpaired) electrons. The monoisotopic (exact) mass is 324 g/mol. The highest BCUT2D eigenvalue weighted by Crippen LogP contribution is 2.33. The lowest BCUT2D eigenvalue weighted by molar-refractivity contribution is 0.0927. The van der Waals surface area contributed by atoms with E-state index in [1.54, 1.807) is 13.8 Å². The molecule has 0 saturated carbocycles. The fraction of sp³-hybridized carbons (Fsp3) is 0.294.